The summed E-state index contributed by atoms with van der Waals surface area (Å²) in [6, 6.07) is 0. The van der Waals surface area contributed by atoms with E-state index in [-0.39, 0.29) is 0 Å². The summed E-state index contributed by atoms with van der Waals surface area (Å²) in [6.45, 7) is 2.75. The highest BCUT2D eigenvalue weighted by Crippen LogP contribution is 2.12. The molecular weight excluding hydrogens is 104 g/mol. The molecule has 0 aliphatic carbocycles. The zero-order chi connectivity index (χ0) is 5.40. The van der Waals surface area contributed by atoms with Crippen LogP contribution in [0.15, 0.2) is 11.9 Å². The van der Waals surface area contributed by atoms with Gasteiger partial charge < -0.3 is 5.32 Å². The lowest BCUT2D eigenvalue weighted by Crippen LogP contribution is -2.13. The second-order valence-electron chi connectivity index (χ2n) is 1.91. The third-order valence-electron chi connectivity index (χ3n) is 1.40. The topological polar surface area (TPSA) is 24.5 Å². The number of nitrogens with zero attached hydrogens (tertiary/aromatic N) is 1. The van der Waals surface area contributed by atoms with E-state index in [4.69, 9.17) is 4.84 Å². The molecule has 1 fully saturated rings. The molecule has 8 heavy (non-hydrogen) atoms. The largest absolute Gasteiger partial charge is 0.368 e. The number of fused-ring (bicyclic) bond motifs is 1. The van der Waals surface area contributed by atoms with Crippen molar-refractivity contribution in [1.82, 2.24) is 10.4 Å². The minimum Gasteiger partial charge on any atom is -0.368 e. The van der Waals surface area contributed by atoms with Crippen molar-refractivity contribution in [2.75, 3.05) is 19.7 Å². The first kappa shape index (κ1) is 4.21. The maximum atomic E-state index is 5.16. The molecule has 0 saturated carbocycles. The van der Waals surface area contributed by atoms with Crippen LogP contribution in [0.4, 0.5) is 0 Å². The minimum absolute atomic E-state index is 0.738. The minimum atomic E-state index is 0.738. The second-order valence-corrected chi connectivity index (χ2v) is 1.91. The molecule has 44 valence electrons. The molecule has 1 N–H and O–H groups in total. The van der Waals surface area contributed by atoms with E-state index in [0.717, 1.165) is 25.5 Å². The number of rotatable bonds is 0. The van der Waals surface area contributed by atoms with Crippen molar-refractivity contribution in [2.24, 2.45) is 0 Å². The summed E-state index contributed by atoms with van der Waals surface area (Å²) >= 11 is 0. The van der Waals surface area contributed by atoms with Gasteiger partial charge in [0.2, 0.25) is 0 Å². The molecule has 0 aromatic heterocycles. The van der Waals surface area contributed by atoms with Crippen molar-refractivity contribution >= 4 is 0 Å². The third-order valence-corrected chi connectivity index (χ3v) is 1.40. The molecule has 0 aromatic rings. The Morgan fingerprint density at radius 2 is 2.75 bits per heavy atom. The Balaban J connectivity index is 2.20. The number of hydroxylamine groups is 2. The fourth-order valence-corrected chi connectivity index (χ4v) is 1.01. The molecular formula is C5H8N2O. The molecule has 0 atom stereocenters. The molecule has 0 amide bonds. The van der Waals surface area contributed by atoms with E-state index in [9.17, 15) is 0 Å². The van der Waals surface area contributed by atoms with Gasteiger partial charge in [0.25, 0.3) is 0 Å². The first-order valence-electron chi connectivity index (χ1n) is 2.81. The zero-order valence-corrected chi connectivity index (χ0v) is 4.55. The van der Waals surface area contributed by atoms with Crippen LogP contribution < -0.4 is 5.32 Å². The van der Waals surface area contributed by atoms with E-state index in [2.05, 4.69) is 5.32 Å². The van der Waals surface area contributed by atoms with Crippen LogP contribution in [0.25, 0.3) is 0 Å². The van der Waals surface area contributed by atoms with Crippen molar-refractivity contribution in [1.29, 1.82) is 0 Å². The summed E-state index contributed by atoms with van der Waals surface area (Å²) in [5.74, 6) is 1.14. The van der Waals surface area contributed by atoms with E-state index in [0.29, 0.717) is 0 Å². The van der Waals surface area contributed by atoms with Crippen LogP contribution in [0.2, 0.25) is 0 Å². The van der Waals surface area contributed by atoms with Crippen molar-refractivity contribution in [3.8, 4) is 0 Å². The van der Waals surface area contributed by atoms with E-state index < -0.39 is 0 Å². The van der Waals surface area contributed by atoms with E-state index in [1.54, 1.807) is 0 Å². The fraction of sp³-hybridized carbons (Fsp3) is 0.600. The molecule has 2 aliphatic rings. The van der Waals surface area contributed by atoms with Crippen molar-refractivity contribution in [3.63, 3.8) is 0 Å². The van der Waals surface area contributed by atoms with Crippen LogP contribution >= 0.6 is 0 Å². The average molecular weight is 112 g/mol. The maximum Gasteiger partial charge on any atom is 0.125 e. The van der Waals surface area contributed by atoms with Gasteiger partial charge in [0.15, 0.2) is 0 Å². The fourth-order valence-electron chi connectivity index (χ4n) is 1.01. The average Bonchev–Trinajstić information content (AvgIpc) is 2.15. The number of hydrogen-bond donors (Lipinski definition) is 1. The maximum absolute atomic E-state index is 5.16. The first-order valence-corrected chi connectivity index (χ1v) is 2.81. The molecule has 0 radical (unpaired) electrons. The molecule has 0 unspecified atom stereocenters. The lowest BCUT2D eigenvalue weighted by molar-refractivity contribution is -0.0866. The Bertz CT molecular complexity index is 132. The Morgan fingerprint density at radius 3 is 3.62 bits per heavy atom. The first-order chi connectivity index (χ1) is 3.97. The van der Waals surface area contributed by atoms with Gasteiger partial charge in [0, 0.05) is 6.54 Å². The molecule has 3 heteroatoms. The van der Waals surface area contributed by atoms with Crippen molar-refractivity contribution < 1.29 is 4.84 Å². The molecule has 2 heterocycles. The highest BCUT2D eigenvalue weighted by Gasteiger charge is 2.20. The molecule has 2 rings (SSSR count). The van der Waals surface area contributed by atoms with Gasteiger partial charge in [-0.15, -0.1) is 0 Å². The molecule has 0 bridgehead atoms. The summed E-state index contributed by atoms with van der Waals surface area (Å²) in [4.78, 5) is 5.16. The lowest BCUT2D eigenvalue weighted by Gasteiger charge is -2.08. The smallest absolute Gasteiger partial charge is 0.125 e. The summed E-state index contributed by atoms with van der Waals surface area (Å²) in [6.07, 6.45) is 2.05. The summed E-state index contributed by atoms with van der Waals surface area (Å²) in [5.41, 5.74) is 0. The highest BCUT2D eigenvalue weighted by molar-refractivity contribution is 5.04. The van der Waals surface area contributed by atoms with Gasteiger partial charge in [-0.3, -0.25) is 4.84 Å². The van der Waals surface area contributed by atoms with Crippen LogP contribution in [0.5, 0.6) is 0 Å². The lowest BCUT2D eigenvalue weighted by atomic mass is 10.6. The van der Waals surface area contributed by atoms with Crippen LogP contribution in [0.3, 0.4) is 0 Å². The van der Waals surface area contributed by atoms with Crippen molar-refractivity contribution in [3.05, 3.63) is 11.9 Å². The third kappa shape index (κ3) is 0.419. The van der Waals surface area contributed by atoms with Crippen molar-refractivity contribution in [2.45, 2.75) is 0 Å². The predicted octanol–water partition coefficient (Wildman–Crippen LogP) is -0.322. The Labute approximate surface area is 47.9 Å². The molecule has 3 nitrogen and oxygen atoms in total. The van der Waals surface area contributed by atoms with Gasteiger partial charge in [0.05, 0.1) is 13.2 Å². The number of nitrogens with one attached hydrogen (secondary N) is 1. The quantitative estimate of drug-likeness (QED) is 0.464. The predicted molar refractivity (Wildman–Crippen MR) is 28.7 cm³/mol. The Kier molecular flexibility index (Phi) is 0.729. The van der Waals surface area contributed by atoms with Crippen LogP contribution in [-0.2, 0) is 4.84 Å². The number of hydrogen-bond acceptors (Lipinski definition) is 3. The van der Waals surface area contributed by atoms with E-state index in [1.165, 1.54) is 0 Å². The van der Waals surface area contributed by atoms with Crippen LogP contribution in [0, 0.1) is 0 Å². The van der Waals surface area contributed by atoms with Gasteiger partial charge in [-0.25, -0.2) is 5.06 Å². The second kappa shape index (κ2) is 1.39. The molecule has 2 aliphatic heterocycles. The van der Waals surface area contributed by atoms with Gasteiger partial charge in [-0.2, -0.15) is 0 Å². The van der Waals surface area contributed by atoms with Gasteiger partial charge in [-0.05, 0) is 6.08 Å². The van der Waals surface area contributed by atoms with Gasteiger partial charge >= 0.3 is 0 Å². The highest BCUT2D eigenvalue weighted by atomic mass is 16.7. The monoisotopic (exact) mass is 112 g/mol. The summed E-state index contributed by atoms with van der Waals surface area (Å²) in [5, 5.41) is 5.07. The Hall–Kier alpha value is -0.700. The molecule has 1 saturated heterocycles. The normalized spacial score (nSPS) is 25.0. The Morgan fingerprint density at radius 1 is 1.75 bits per heavy atom. The van der Waals surface area contributed by atoms with Crippen LogP contribution in [-0.4, -0.2) is 24.8 Å². The standard InChI is InChI=1S/C5H8N2O/c1-4-8-7-3-2-6-5(1)7/h1,6H,2-4H2. The van der Waals surface area contributed by atoms with Crippen LogP contribution in [0.1, 0.15) is 0 Å². The summed E-state index contributed by atoms with van der Waals surface area (Å²) < 4.78 is 0. The van der Waals surface area contributed by atoms with Gasteiger partial charge in [-0.1, -0.05) is 0 Å². The zero-order valence-electron chi connectivity index (χ0n) is 4.55. The van der Waals surface area contributed by atoms with E-state index >= 15 is 0 Å². The summed E-state index contributed by atoms with van der Waals surface area (Å²) in [7, 11) is 0. The molecule has 0 spiro atoms. The van der Waals surface area contributed by atoms with Gasteiger partial charge in [0.1, 0.15) is 5.82 Å². The molecule has 0 aromatic carbocycles. The van der Waals surface area contributed by atoms with E-state index in [1.807, 2.05) is 11.1 Å². The SMILES string of the molecule is C1=C2NCCN2OC1.